The summed E-state index contributed by atoms with van der Waals surface area (Å²) >= 11 is 6.12. The Morgan fingerprint density at radius 3 is 2.07 bits per heavy atom. The minimum absolute atomic E-state index is 0.0724. The number of carbonyl (C=O) groups is 2. The van der Waals surface area contributed by atoms with E-state index in [4.69, 9.17) is 11.6 Å². The standard InChI is InChI=1S/C34H36ClN3O4S/c1-24-11-18-30(19-12-24)43(41,42)38(31-20-25(2)10-13-26(31)3)23-33(39)37(22-28-14-16-29(35)17-15-28)32(34(40)36-4)21-27-8-6-5-7-9-27/h5-20,32H,21-23H2,1-4H3,(H,36,40). The normalized spacial score (nSPS) is 11.9. The summed E-state index contributed by atoms with van der Waals surface area (Å²) in [4.78, 5) is 29.3. The molecule has 0 aliphatic heterocycles. The van der Waals surface area contributed by atoms with E-state index in [2.05, 4.69) is 5.32 Å². The zero-order valence-electron chi connectivity index (χ0n) is 24.7. The number of hydrogen-bond donors (Lipinski definition) is 1. The second-order valence-corrected chi connectivity index (χ2v) is 12.9. The van der Waals surface area contributed by atoms with Gasteiger partial charge in [0.2, 0.25) is 11.8 Å². The smallest absolute Gasteiger partial charge is 0.264 e. The number of amides is 2. The van der Waals surface area contributed by atoms with Crippen LogP contribution in [0.15, 0.2) is 102 Å². The van der Waals surface area contributed by atoms with E-state index in [1.165, 1.54) is 11.9 Å². The van der Waals surface area contributed by atoms with E-state index in [9.17, 15) is 18.0 Å². The van der Waals surface area contributed by atoms with Gasteiger partial charge in [-0.15, -0.1) is 0 Å². The first-order valence-electron chi connectivity index (χ1n) is 14.0. The largest absolute Gasteiger partial charge is 0.357 e. The van der Waals surface area contributed by atoms with Gasteiger partial charge in [-0.25, -0.2) is 8.42 Å². The SMILES string of the molecule is CNC(=O)C(Cc1ccccc1)N(Cc1ccc(Cl)cc1)C(=O)CN(c1cc(C)ccc1C)S(=O)(=O)c1ccc(C)cc1. The summed E-state index contributed by atoms with van der Waals surface area (Å²) in [6.45, 7) is 5.13. The number of nitrogens with one attached hydrogen (secondary N) is 1. The van der Waals surface area contributed by atoms with Gasteiger partial charge in [0.1, 0.15) is 12.6 Å². The molecule has 0 saturated heterocycles. The van der Waals surface area contributed by atoms with Crippen LogP contribution >= 0.6 is 11.6 Å². The molecule has 43 heavy (non-hydrogen) atoms. The van der Waals surface area contributed by atoms with E-state index >= 15 is 0 Å². The lowest BCUT2D eigenvalue weighted by molar-refractivity contribution is -0.139. The maximum Gasteiger partial charge on any atom is 0.264 e. The zero-order valence-corrected chi connectivity index (χ0v) is 26.3. The molecule has 4 aromatic rings. The lowest BCUT2D eigenvalue weighted by atomic mass is 10.0. The Morgan fingerprint density at radius 1 is 0.814 bits per heavy atom. The molecule has 1 unspecified atom stereocenters. The summed E-state index contributed by atoms with van der Waals surface area (Å²) in [6.07, 6.45) is 0.244. The van der Waals surface area contributed by atoms with Crippen molar-refractivity contribution in [3.63, 3.8) is 0 Å². The molecule has 4 rings (SSSR count). The number of nitrogens with zero attached hydrogens (tertiary/aromatic N) is 2. The van der Waals surface area contributed by atoms with E-state index in [1.54, 1.807) is 54.6 Å². The fourth-order valence-electron chi connectivity index (χ4n) is 4.85. The van der Waals surface area contributed by atoms with E-state index in [0.29, 0.717) is 16.3 Å². The van der Waals surface area contributed by atoms with Gasteiger partial charge >= 0.3 is 0 Å². The van der Waals surface area contributed by atoms with Crippen LogP contribution in [0.1, 0.15) is 27.8 Å². The maximum absolute atomic E-state index is 14.4. The average molecular weight is 618 g/mol. The first-order valence-corrected chi connectivity index (χ1v) is 15.8. The number of likely N-dealkylation sites (N-methyl/N-ethyl adjacent to an activating group) is 1. The van der Waals surface area contributed by atoms with Crippen molar-refractivity contribution in [2.24, 2.45) is 0 Å². The first kappa shape index (κ1) is 31.8. The second-order valence-electron chi connectivity index (χ2n) is 10.6. The van der Waals surface area contributed by atoms with Gasteiger partial charge in [-0.3, -0.25) is 13.9 Å². The number of anilines is 1. The Labute approximate surface area is 259 Å². The van der Waals surface area contributed by atoms with Crippen LogP contribution in [-0.4, -0.2) is 44.8 Å². The van der Waals surface area contributed by atoms with Crippen molar-refractivity contribution in [2.75, 3.05) is 17.9 Å². The zero-order chi connectivity index (χ0) is 31.1. The number of carbonyl (C=O) groups excluding carboxylic acids is 2. The lowest BCUT2D eigenvalue weighted by Gasteiger charge is -2.34. The summed E-state index contributed by atoms with van der Waals surface area (Å²) < 4.78 is 29.5. The summed E-state index contributed by atoms with van der Waals surface area (Å²) in [7, 11) is -2.64. The minimum atomic E-state index is -4.16. The number of sulfonamides is 1. The Kier molecular flexibility index (Phi) is 10.3. The van der Waals surface area contributed by atoms with Gasteiger partial charge in [-0.2, -0.15) is 0 Å². The molecule has 1 N–H and O–H groups in total. The third kappa shape index (κ3) is 7.83. The van der Waals surface area contributed by atoms with E-state index in [0.717, 1.165) is 26.6 Å². The van der Waals surface area contributed by atoms with Crippen LogP contribution in [0.5, 0.6) is 0 Å². The minimum Gasteiger partial charge on any atom is -0.357 e. The van der Waals surface area contributed by atoms with Crippen LogP contribution in [0.25, 0.3) is 0 Å². The Morgan fingerprint density at radius 2 is 1.44 bits per heavy atom. The Hall–Kier alpha value is -4.14. The van der Waals surface area contributed by atoms with E-state index in [-0.39, 0.29) is 23.8 Å². The van der Waals surface area contributed by atoms with E-state index < -0.39 is 28.5 Å². The Bertz CT molecular complexity index is 1680. The van der Waals surface area contributed by atoms with Crippen LogP contribution in [0.2, 0.25) is 5.02 Å². The van der Waals surface area contributed by atoms with Crippen molar-refractivity contribution in [3.8, 4) is 0 Å². The number of rotatable bonds is 11. The van der Waals surface area contributed by atoms with Crippen molar-refractivity contribution in [2.45, 2.75) is 44.7 Å². The molecular weight excluding hydrogens is 582 g/mol. The molecule has 0 bridgehead atoms. The molecule has 0 spiro atoms. The molecule has 0 fully saturated rings. The van der Waals surface area contributed by atoms with Crippen molar-refractivity contribution in [1.29, 1.82) is 0 Å². The molecule has 7 nitrogen and oxygen atoms in total. The number of benzene rings is 4. The van der Waals surface area contributed by atoms with Crippen LogP contribution in [0.3, 0.4) is 0 Å². The second kappa shape index (κ2) is 13.9. The predicted octanol–water partition coefficient (Wildman–Crippen LogP) is 5.85. The van der Waals surface area contributed by atoms with Gasteiger partial charge in [-0.1, -0.05) is 83.9 Å². The Balaban J connectivity index is 1.81. The third-order valence-corrected chi connectivity index (χ3v) is 9.33. The highest BCUT2D eigenvalue weighted by molar-refractivity contribution is 7.92. The van der Waals surface area contributed by atoms with Crippen LogP contribution in [0, 0.1) is 20.8 Å². The van der Waals surface area contributed by atoms with Gasteiger partial charge in [-0.05, 0) is 73.4 Å². The highest BCUT2D eigenvalue weighted by atomic mass is 35.5. The molecular formula is C34H36ClN3O4S. The predicted molar refractivity (Wildman–Crippen MR) is 172 cm³/mol. The first-order chi connectivity index (χ1) is 20.5. The van der Waals surface area contributed by atoms with Crippen LogP contribution in [-0.2, 0) is 32.6 Å². The number of aryl methyl sites for hydroxylation is 3. The van der Waals surface area contributed by atoms with Gasteiger partial charge in [0.15, 0.2) is 0 Å². The highest BCUT2D eigenvalue weighted by Gasteiger charge is 2.34. The molecule has 0 aliphatic rings. The van der Waals surface area contributed by atoms with Crippen molar-refractivity contribution in [1.82, 2.24) is 10.2 Å². The molecule has 224 valence electrons. The van der Waals surface area contributed by atoms with Gasteiger partial charge in [0.25, 0.3) is 10.0 Å². The molecule has 2 amide bonds. The molecule has 9 heteroatoms. The summed E-state index contributed by atoms with van der Waals surface area (Å²) in [5.41, 5.74) is 4.48. The summed E-state index contributed by atoms with van der Waals surface area (Å²) in [5, 5.41) is 3.23. The topological polar surface area (TPSA) is 86.8 Å². The maximum atomic E-state index is 14.4. The van der Waals surface area contributed by atoms with Gasteiger partial charge < -0.3 is 10.2 Å². The van der Waals surface area contributed by atoms with Crippen molar-refractivity contribution in [3.05, 3.63) is 130 Å². The third-order valence-electron chi connectivity index (χ3n) is 7.30. The summed E-state index contributed by atoms with van der Waals surface area (Å²) in [6, 6.07) is 27.6. The van der Waals surface area contributed by atoms with Crippen LogP contribution < -0.4 is 9.62 Å². The lowest BCUT2D eigenvalue weighted by Crippen LogP contribution is -2.53. The molecule has 1 atom stereocenters. The number of hydrogen-bond acceptors (Lipinski definition) is 4. The summed E-state index contributed by atoms with van der Waals surface area (Å²) in [5.74, 6) is -0.873. The fourth-order valence-corrected chi connectivity index (χ4v) is 6.44. The van der Waals surface area contributed by atoms with Crippen molar-refractivity contribution >= 4 is 39.1 Å². The number of halogens is 1. The quantitative estimate of drug-likeness (QED) is 0.229. The van der Waals surface area contributed by atoms with Crippen LogP contribution in [0.4, 0.5) is 5.69 Å². The van der Waals surface area contributed by atoms with E-state index in [1.807, 2.05) is 63.2 Å². The molecule has 4 aromatic carbocycles. The van der Waals surface area contributed by atoms with Crippen molar-refractivity contribution < 1.29 is 18.0 Å². The molecule has 0 aromatic heterocycles. The monoisotopic (exact) mass is 617 g/mol. The molecule has 0 aliphatic carbocycles. The molecule has 0 heterocycles. The van der Waals surface area contributed by atoms with Gasteiger partial charge in [0, 0.05) is 25.0 Å². The fraction of sp³-hybridized carbons (Fsp3) is 0.235. The molecule has 0 radical (unpaired) electrons. The van der Waals surface area contributed by atoms with Gasteiger partial charge in [0.05, 0.1) is 10.6 Å². The molecule has 0 saturated carbocycles. The highest BCUT2D eigenvalue weighted by Crippen LogP contribution is 2.29. The average Bonchev–Trinajstić information content (AvgIpc) is 3.00.